The fraction of sp³-hybridized carbons (Fsp3) is 0.0500. The van der Waals surface area contributed by atoms with E-state index in [0.717, 1.165) is 21.9 Å². The molecule has 0 aliphatic carbocycles. The van der Waals surface area contributed by atoms with Crippen LogP contribution in [0.5, 0.6) is 0 Å². The lowest BCUT2D eigenvalue weighted by Crippen LogP contribution is -2.12. The van der Waals surface area contributed by atoms with Crippen molar-refractivity contribution in [1.82, 2.24) is 9.38 Å². The van der Waals surface area contributed by atoms with Gasteiger partial charge in [-0.2, -0.15) is 0 Å². The Morgan fingerprint density at radius 2 is 1.78 bits per heavy atom. The van der Waals surface area contributed by atoms with Gasteiger partial charge in [-0.3, -0.25) is 9.20 Å². The van der Waals surface area contributed by atoms with Crippen LogP contribution in [0, 0.1) is 6.92 Å². The molecule has 2 aromatic carbocycles. The van der Waals surface area contributed by atoms with E-state index in [1.807, 2.05) is 47.9 Å². The van der Waals surface area contributed by atoms with Gasteiger partial charge in [0.15, 0.2) is 4.96 Å². The highest BCUT2D eigenvalue weighted by Gasteiger charge is 2.18. The first-order chi connectivity index (χ1) is 13.0. The van der Waals surface area contributed by atoms with E-state index >= 15 is 0 Å². The molecule has 0 aliphatic heterocycles. The average molecular weight is 377 g/mol. The molecular weight excluding hydrogens is 362 g/mol. The second kappa shape index (κ2) is 6.69. The molecule has 0 saturated carbocycles. The summed E-state index contributed by atoms with van der Waals surface area (Å²) < 4.78 is 1.91. The molecule has 134 valence electrons. The molecule has 0 spiro atoms. The average Bonchev–Trinajstić information content (AvgIpc) is 3.22. The van der Waals surface area contributed by atoms with Crippen LogP contribution in [0.1, 0.15) is 25.7 Å². The Bertz CT molecular complexity index is 1140. The van der Waals surface area contributed by atoms with Crippen molar-refractivity contribution in [3.8, 4) is 11.3 Å². The van der Waals surface area contributed by atoms with Crippen LogP contribution in [-0.2, 0) is 0 Å². The van der Waals surface area contributed by atoms with Crippen LogP contribution in [0.25, 0.3) is 16.2 Å². The van der Waals surface area contributed by atoms with Crippen molar-refractivity contribution < 1.29 is 14.7 Å². The molecule has 0 saturated heterocycles. The van der Waals surface area contributed by atoms with Gasteiger partial charge in [0, 0.05) is 23.1 Å². The van der Waals surface area contributed by atoms with E-state index in [9.17, 15) is 9.59 Å². The van der Waals surface area contributed by atoms with Crippen molar-refractivity contribution in [2.75, 3.05) is 5.32 Å². The second-order valence-corrected chi connectivity index (χ2v) is 6.98. The first-order valence-corrected chi connectivity index (χ1v) is 9.03. The van der Waals surface area contributed by atoms with Gasteiger partial charge in [-0.25, -0.2) is 9.78 Å². The van der Waals surface area contributed by atoms with Crippen molar-refractivity contribution in [2.24, 2.45) is 0 Å². The summed E-state index contributed by atoms with van der Waals surface area (Å²) in [6.45, 7) is 1.88. The molecule has 1 amide bonds. The van der Waals surface area contributed by atoms with E-state index in [2.05, 4.69) is 10.3 Å². The first kappa shape index (κ1) is 17.0. The van der Waals surface area contributed by atoms with Crippen LogP contribution < -0.4 is 5.32 Å². The van der Waals surface area contributed by atoms with Gasteiger partial charge in [0.1, 0.15) is 4.88 Å². The lowest BCUT2D eigenvalue weighted by molar-refractivity contribution is 0.0696. The van der Waals surface area contributed by atoms with E-state index in [4.69, 9.17) is 5.11 Å². The van der Waals surface area contributed by atoms with Crippen molar-refractivity contribution in [3.63, 3.8) is 0 Å². The standard InChI is InChI=1S/C20H15N3O3S/c1-12-17(18(24)21-15-9-7-14(8-10-15)19(25)26)27-20-22-16(11-23(12)20)13-5-3-2-4-6-13/h2-11H,1H3,(H,21,24)(H,25,26). The Labute approximate surface area is 158 Å². The summed E-state index contributed by atoms with van der Waals surface area (Å²) in [6.07, 6.45) is 1.93. The highest BCUT2D eigenvalue weighted by atomic mass is 32.1. The molecule has 2 heterocycles. The summed E-state index contributed by atoms with van der Waals surface area (Å²) in [5.41, 5.74) is 3.41. The summed E-state index contributed by atoms with van der Waals surface area (Å²) in [4.78, 5) is 29.5. The number of aromatic nitrogens is 2. The van der Waals surface area contributed by atoms with Crippen LogP contribution in [0.15, 0.2) is 60.8 Å². The molecule has 0 unspecified atom stereocenters. The monoisotopic (exact) mass is 377 g/mol. The van der Waals surface area contributed by atoms with Crippen molar-refractivity contribution >= 4 is 33.9 Å². The zero-order valence-electron chi connectivity index (χ0n) is 14.3. The van der Waals surface area contributed by atoms with Crippen molar-refractivity contribution in [1.29, 1.82) is 0 Å². The maximum Gasteiger partial charge on any atom is 0.335 e. The van der Waals surface area contributed by atoms with Crippen LogP contribution in [0.3, 0.4) is 0 Å². The summed E-state index contributed by atoms with van der Waals surface area (Å²) >= 11 is 1.32. The van der Waals surface area contributed by atoms with Crippen LogP contribution in [-0.4, -0.2) is 26.4 Å². The molecule has 0 bridgehead atoms. The summed E-state index contributed by atoms with van der Waals surface area (Å²) in [5, 5.41) is 11.7. The van der Waals surface area contributed by atoms with Gasteiger partial charge < -0.3 is 10.4 Å². The maximum absolute atomic E-state index is 12.6. The minimum atomic E-state index is -1.00. The molecule has 4 aromatic rings. The number of aromatic carboxylic acids is 1. The molecule has 4 rings (SSSR count). The van der Waals surface area contributed by atoms with Gasteiger partial charge in [0.2, 0.25) is 0 Å². The number of carboxylic acids is 1. The third-order valence-corrected chi connectivity index (χ3v) is 5.38. The Hall–Kier alpha value is -3.45. The first-order valence-electron chi connectivity index (χ1n) is 8.21. The number of aryl methyl sites for hydroxylation is 1. The van der Waals surface area contributed by atoms with Crippen LogP contribution in [0.4, 0.5) is 5.69 Å². The van der Waals surface area contributed by atoms with Gasteiger partial charge in [-0.15, -0.1) is 0 Å². The van der Waals surface area contributed by atoms with E-state index < -0.39 is 5.97 Å². The molecule has 0 radical (unpaired) electrons. The smallest absolute Gasteiger partial charge is 0.335 e. The number of nitrogens with one attached hydrogen (secondary N) is 1. The number of carbonyl (C=O) groups is 2. The molecule has 6 nitrogen and oxygen atoms in total. The van der Waals surface area contributed by atoms with Gasteiger partial charge in [-0.05, 0) is 31.2 Å². The summed E-state index contributed by atoms with van der Waals surface area (Å²) in [6, 6.07) is 15.9. The van der Waals surface area contributed by atoms with E-state index in [-0.39, 0.29) is 11.5 Å². The number of fused-ring (bicyclic) bond motifs is 1. The fourth-order valence-corrected chi connectivity index (χ4v) is 3.80. The van der Waals surface area contributed by atoms with Crippen molar-refractivity contribution in [3.05, 3.63) is 76.9 Å². The van der Waals surface area contributed by atoms with Crippen LogP contribution in [0.2, 0.25) is 0 Å². The SMILES string of the molecule is Cc1c(C(=O)Nc2ccc(C(=O)O)cc2)sc2nc(-c3ccccc3)cn12. The Morgan fingerprint density at radius 3 is 2.41 bits per heavy atom. The Morgan fingerprint density at radius 1 is 1.07 bits per heavy atom. The Balaban J connectivity index is 1.60. The number of hydrogen-bond acceptors (Lipinski definition) is 4. The third kappa shape index (κ3) is 3.20. The highest BCUT2D eigenvalue weighted by molar-refractivity contribution is 7.19. The van der Waals surface area contributed by atoms with Crippen LogP contribution >= 0.6 is 11.3 Å². The molecule has 0 fully saturated rings. The lowest BCUT2D eigenvalue weighted by atomic mass is 10.2. The summed E-state index contributed by atoms with van der Waals surface area (Å²) in [7, 11) is 0. The molecule has 0 atom stereocenters. The van der Waals surface area contributed by atoms with E-state index in [1.54, 1.807) is 12.1 Å². The quantitative estimate of drug-likeness (QED) is 0.555. The molecule has 0 aliphatic rings. The number of anilines is 1. The topological polar surface area (TPSA) is 83.7 Å². The maximum atomic E-state index is 12.6. The largest absolute Gasteiger partial charge is 0.478 e. The number of benzene rings is 2. The predicted molar refractivity (Wildman–Crippen MR) is 105 cm³/mol. The van der Waals surface area contributed by atoms with E-state index in [0.29, 0.717) is 10.6 Å². The van der Waals surface area contributed by atoms with Gasteiger partial charge in [0.05, 0.1) is 11.3 Å². The van der Waals surface area contributed by atoms with Gasteiger partial charge in [0.25, 0.3) is 5.91 Å². The minimum absolute atomic E-state index is 0.173. The van der Waals surface area contributed by atoms with E-state index in [1.165, 1.54) is 23.5 Å². The third-order valence-electron chi connectivity index (χ3n) is 4.22. The molecule has 27 heavy (non-hydrogen) atoms. The number of imidazole rings is 1. The minimum Gasteiger partial charge on any atom is -0.478 e. The summed E-state index contributed by atoms with van der Waals surface area (Å²) in [5.74, 6) is -1.25. The number of rotatable bonds is 4. The number of hydrogen-bond donors (Lipinski definition) is 2. The number of amides is 1. The fourth-order valence-electron chi connectivity index (χ4n) is 2.79. The molecule has 2 N–H and O–H groups in total. The highest BCUT2D eigenvalue weighted by Crippen LogP contribution is 2.27. The molecule has 7 heteroatoms. The number of carbonyl (C=O) groups excluding carboxylic acids is 1. The zero-order chi connectivity index (χ0) is 19.0. The normalized spacial score (nSPS) is 10.9. The number of carboxylic acid groups (broad SMARTS) is 1. The number of nitrogens with zero attached hydrogens (tertiary/aromatic N) is 2. The van der Waals surface area contributed by atoms with Gasteiger partial charge in [-0.1, -0.05) is 41.7 Å². The lowest BCUT2D eigenvalue weighted by Gasteiger charge is -2.05. The van der Waals surface area contributed by atoms with Crippen molar-refractivity contribution in [2.45, 2.75) is 6.92 Å². The Kier molecular flexibility index (Phi) is 4.21. The zero-order valence-corrected chi connectivity index (χ0v) is 15.2. The predicted octanol–water partition coefficient (Wildman–Crippen LogP) is 4.32. The van der Waals surface area contributed by atoms with Gasteiger partial charge >= 0.3 is 5.97 Å². The number of thiazole rings is 1. The molecular formula is C20H15N3O3S. The second-order valence-electron chi connectivity index (χ2n) is 6.00. The molecule has 2 aromatic heterocycles.